The van der Waals surface area contributed by atoms with Crippen LogP contribution in [-0.4, -0.2) is 23.1 Å². The van der Waals surface area contributed by atoms with E-state index in [9.17, 15) is 0 Å². The van der Waals surface area contributed by atoms with E-state index in [0.717, 1.165) is 12.3 Å². The van der Waals surface area contributed by atoms with E-state index in [1.807, 2.05) is 0 Å². The lowest BCUT2D eigenvalue weighted by Crippen LogP contribution is -2.29. The molecular formula is C13H19N3. The monoisotopic (exact) mass is 217 g/mol. The average Bonchev–Trinajstić information content (AvgIpc) is 2.80. The van der Waals surface area contributed by atoms with Gasteiger partial charge in [-0.1, -0.05) is 0 Å². The number of rotatable bonds is 2. The normalized spacial score (nSPS) is 21.0. The fourth-order valence-electron chi connectivity index (χ4n) is 2.96. The van der Waals surface area contributed by atoms with E-state index in [0.29, 0.717) is 0 Å². The minimum absolute atomic E-state index is 0.834. The Labute approximate surface area is 96.7 Å². The zero-order valence-electron chi connectivity index (χ0n) is 9.71. The van der Waals surface area contributed by atoms with Crippen LogP contribution in [0.3, 0.4) is 0 Å². The molecule has 0 atom stereocenters. The maximum Gasteiger partial charge on any atom is 0.115 e. The minimum atomic E-state index is 0.834. The quantitative estimate of drug-likeness (QED) is 0.816. The Kier molecular flexibility index (Phi) is 2.87. The Bertz CT molecular complexity index is 369. The molecule has 3 nitrogen and oxygen atoms in total. The Morgan fingerprint density at radius 2 is 2.06 bits per heavy atom. The van der Waals surface area contributed by atoms with Gasteiger partial charge < -0.3 is 5.32 Å². The fourth-order valence-corrected chi connectivity index (χ4v) is 2.96. The standard InChI is InChI=1S/C13H19N3/c1-2-11-12(3-1)15-9-16-13(11)8-10-4-6-14-7-5-10/h9-10,14H,1-8H2. The highest BCUT2D eigenvalue weighted by Crippen LogP contribution is 2.25. The molecular weight excluding hydrogens is 198 g/mol. The van der Waals surface area contributed by atoms with E-state index in [1.165, 1.54) is 62.1 Å². The number of aromatic nitrogens is 2. The summed E-state index contributed by atoms with van der Waals surface area (Å²) in [6.07, 6.45) is 9.19. The highest BCUT2D eigenvalue weighted by Gasteiger charge is 2.20. The predicted octanol–water partition coefficient (Wildman–Crippen LogP) is 1.51. The Morgan fingerprint density at radius 1 is 1.19 bits per heavy atom. The maximum atomic E-state index is 4.51. The number of piperidine rings is 1. The van der Waals surface area contributed by atoms with Crippen molar-refractivity contribution in [3.63, 3.8) is 0 Å². The smallest absolute Gasteiger partial charge is 0.115 e. The minimum Gasteiger partial charge on any atom is -0.317 e. The lowest BCUT2D eigenvalue weighted by Gasteiger charge is -2.22. The van der Waals surface area contributed by atoms with Crippen molar-refractivity contribution >= 4 is 0 Å². The number of aryl methyl sites for hydroxylation is 1. The molecule has 1 aromatic rings. The first-order valence-electron chi connectivity index (χ1n) is 6.46. The van der Waals surface area contributed by atoms with Crippen molar-refractivity contribution in [1.82, 2.24) is 15.3 Å². The van der Waals surface area contributed by atoms with Gasteiger partial charge in [0.1, 0.15) is 6.33 Å². The largest absolute Gasteiger partial charge is 0.317 e. The molecule has 1 aromatic heterocycles. The first-order valence-corrected chi connectivity index (χ1v) is 6.46. The van der Waals surface area contributed by atoms with Crippen molar-refractivity contribution in [2.24, 2.45) is 5.92 Å². The molecule has 1 aliphatic heterocycles. The third-order valence-electron chi connectivity index (χ3n) is 3.90. The predicted molar refractivity (Wildman–Crippen MR) is 63.4 cm³/mol. The van der Waals surface area contributed by atoms with E-state index in [4.69, 9.17) is 0 Å². The second-order valence-corrected chi connectivity index (χ2v) is 5.00. The van der Waals surface area contributed by atoms with E-state index >= 15 is 0 Å². The van der Waals surface area contributed by atoms with Crippen LogP contribution in [0.4, 0.5) is 0 Å². The zero-order chi connectivity index (χ0) is 10.8. The summed E-state index contributed by atoms with van der Waals surface area (Å²) in [6, 6.07) is 0. The van der Waals surface area contributed by atoms with Crippen LogP contribution in [0.2, 0.25) is 0 Å². The van der Waals surface area contributed by atoms with Crippen LogP contribution < -0.4 is 5.32 Å². The molecule has 86 valence electrons. The highest BCUT2D eigenvalue weighted by atomic mass is 14.9. The van der Waals surface area contributed by atoms with Gasteiger partial charge in [0.05, 0.1) is 0 Å². The van der Waals surface area contributed by atoms with E-state index in [2.05, 4.69) is 15.3 Å². The van der Waals surface area contributed by atoms with E-state index in [-0.39, 0.29) is 0 Å². The average molecular weight is 217 g/mol. The third-order valence-corrected chi connectivity index (χ3v) is 3.90. The molecule has 1 saturated heterocycles. The molecule has 0 spiro atoms. The number of hydrogen-bond acceptors (Lipinski definition) is 3. The lowest BCUT2D eigenvalue weighted by molar-refractivity contribution is 0.369. The van der Waals surface area contributed by atoms with Crippen molar-refractivity contribution in [1.29, 1.82) is 0 Å². The summed E-state index contributed by atoms with van der Waals surface area (Å²) in [5.74, 6) is 0.834. The molecule has 1 fully saturated rings. The van der Waals surface area contributed by atoms with Gasteiger partial charge in [0.25, 0.3) is 0 Å². The van der Waals surface area contributed by atoms with Gasteiger partial charge in [-0.3, -0.25) is 0 Å². The van der Waals surface area contributed by atoms with Crippen molar-refractivity contribution < 1.29 is 0 Å². The summed E-state index contributed by atoms with van der Waals surface area (Å²) >= 11 is 0. The van der Waals surface area contributed by atoms with Gasteiger partial charge in [0.2, 0.25) is 0 Å². The lowest BCUT2D eigenvalue weighted by atomic mass is 9.91. The van der Waals surface area contributed by atoms with Crippen LogP contribution in [0.25, 0.3) is 0 Å². The van der Waals surface area contributed by atoms with Crippen molar-refractivity contribution in [3.05, 3.63) is 23.3 Å². The van der Waals surface area contributed by atoms with Crippen LogP contribution in [0.5, 0.6) is 0 Å². The molecule has 3 heteroatoms. The van der Waals surface area contributed by atoms with Gasteiger partial charge in [-0.05, 0) is 63.1 Å². The Morgan fingerprint density at radius 3 is 2.94 bits per heavy atom. The number of nitrogens with zero attached hydrogens (tertiary/aromatic N) is 2. The number of nitrogens with one attached hydrogen (secondary N) is 1. The summed E-state index contributed by atoms with van der Waals surface area (Å²) in [7, 11) is 0. The number of hydrogen-bond donors (Lipinski definition) is 1. The van der Waals surface area contributed by atoms with Gasteiger partial charge in [0.15, 0.2) is 0 Å². The van der Waals surface area contributed by atoms with Crippen LogP contribution in [0, 0.1) is 5.92 Å². The Hall–Kier alpha value is -0.960. The molecule has 2 heterocycles. The Balaban J connectivity index is 1.76. The van der Waals surface area contributed by atoms with Crippen LogP contribution in [-0.2, 0) is 19.3 Å². The summed E-state index contributed by atoms with van der Waals surface area (Å²) in [5.41, 5.74) is 4.13. The fraction of sp³-hybridized carbons (Fsp3) is 0.692. The molecule has 0 aromatic carbocycles. The SMILES string of the molecule is c1nc2c(c(CC3CCNCC3)n1)CCC2. The first-order chi connectivity index (χ1) is 7.93. The van der Waals surface area contributed by atoms with Crippen LogP contribution >= 0.6 is 0 Å². The molecule has 2 aliphatic rings. The molecule has 3 rings (SSSR count). The maximum absolute atomic E-state index is 4.51. The van der Waals surface area contributed by atoms with Gasteiger partial charge in [-0.2, -0.15) is 0 Å². The summed E-state index contributed by atoms with van der Waals surface area (Å²) < 4.78 is 0. The van der Waals surface area contributed by atoms with Gasteiger partial charge in [0, 0.05) is 11.4 Å². The molecule has 1 N–H and O–H groups in total. The van der Waals surface area contributed by atoms with Crippen molar-refractivity contribution in [2.45, 2.75) is 38.5 Å². The molecule has 1 aliphatic carbocycles. The molecule has 0 radical (unpaired) electrons. The summed E-state index contributed by atoms with van der Waals surface area (Å²) in [6.45, 7) is 2.36. The number of fused-ring (bicyclic) bond motifs is 1. The molecule has 0 bridgehead atoms. The second kappa shape index (κ2) is 4.50. The van der Waals surface area contributed by atoms with E-state index in [1.54, 1.807) is 6.33 Å². The van der Waals surface area contributed by atoms with Gasteiger partial charge in [-0.25, -0.2) is 9.97 Å². The van der Waals surface area contributed by atoms with Gasteiger partial charge >= 0.3 is 0 Å². The summed E-state index contributed by atoms with van der Waals surface area (Å²) in [5, 5.41) is 3.42. The topological polar surface area (TPSA) is 37.8 Å². The first kappa shape index (κ1) is 10.2. The van der Waals surface area contributed by atoms with E-state index < -0.39 is 0 Å². The molecule has 0 saturated carbocycles. The third kappa shape index (κ3) is 1.96. The summed E-state index contributed by atoms with van der Waals surface area (Å²) in [4.78, 5) is 8.90. The molecule has 0 unspecified atom stereocenters. The van der Waals surface area contributed by atoms with Crippen molar-refractivity contribution in [2.75, 3.05) is 13.1 Å². The highest BCUT2D eigenvalue weighted by molar-refractivity contribution is 5.29. The zero-order valence-corrected chi connectivity index (χ0v) is 9.71. The molecule has 0 amide bonds. The van der Waals surface area contributed by atoms with Crippen LogP contribution in [0.15, 0.2) is 6.33 Å². The van der Waals surface area contributed by atoms with Crippen molar-refractivity contribution in [3.8, 4) is 0 Å². The molecule has 16 heavy (non-hydrogen) atoms. The van der Waals surface area contributed by atoms with Crippen LogP contribution in [0.1, 0.15) is 36.2 Å². The second-order valence-electron chi connectivity index (χ2n) is 5.00. The van der Waals surface area contributed by atoms with Gasteiger partial charge in [-0.15, -0.1) is 0 Å².